The molecule has 3 heteroatoms. The van der Waals surface area contributed by atoms with Gasteiger partial charge in [-0.3, -0.25) is 9.69 Å². The summed E-state index contributed by atoms with van der Waals surface area (Å²) >= 11 is 0. The summed E-state index contributed by atoms with van der Waals surface area (Å²) in [7, 11) is 0. The van der Waals surface area contributed by atoms with Crippen molar-refractivity contribution in [1.82, 2.24) is 4.90 Å². The Morgan fingerprint density at radius 2 is 1.76 bits per heavy atom. The second kappa shape index (κ2) is 5.26. The predicted molar refractivity (Wildman–Crippen MR) is 81.1 cm³/mol. The Kier molecular flexibility index (Phi) is 3.29. The van der Waals surface area contributed by atoms with Crippen molar-refractivity contribution in [2.24, 2.45) is 0 Å². The number of nitrogens with zero attached hydrogens (tertiary/aromatic N) is 2. The van der Waals surface area contributed by atoms with E-state index >= 15 is 0 Å². The van der Waals surface area contributed by atoms with Crippen LogP contribution in [0.4, 0.5) is 0 Å². The second-order valence-corrected chi connectivity index (χ2v) is 4.99. The average Bonchev–Trinajstić information content (AvgIpc) is 2.53. The summed E-state index contributed by atoms with van der Waals surface area (Å²) in [6, 6.07) is 18.4. The molecule has 2 aromatic carbocycles. The fraction of sp³-hybridized carbons (Fsp3) is 0.111. The lowest BCUT2D eigenvalue weighted by molar-refractivity contribution is 0.0775. The first kappa shape index (κ1) is 13.1. The van der Waals surface area contributed by atoms with E-state index in [2.05, 4.69) is 6.07 Å². The van der Waals surface area contributed by atoms with Crippen LogP contribution in [0.25, 0.3) is 6.08 Å². The molecule has 0 radical (unpaired) electrons. The molecule has 0 saturated heterocycles. The first-order chi connectivity index (χ1) is 10.2. The molecule has 1 aliphatic rings. The van der Waals surface area contributed by atoms with Crippen molar-refractivity contribution >= 4 is 12.0 Å². The van der Waals surface area contributed by atoms with Crippen molar-refractivity contribution in [3.05, 3.63) is 77.0 Å². The Balaban J connectivity index is 2.08. The summed E-state index contributed by atoms with van der Waals surface area (Å²) in [5, 5.41) is 9.55. The van der Waals surface area contributed by atoms with Gasteiger partial charge < -0.3 is 0 Å². The van der Waals surface area contributed by atoms with Crippen LogP contribution in [-0.2, 0) is 0 Å². The van der Waals surface area contributed by atoms with Gasteiger partial charge in [0.25, 0.3) is 5.91 Å². The van der Waals surface area contributed by atoms with Crippen LogP contribution in [-0.4, -0.2) is 10.8 Å². The highest BCUT2D eigenvalue weighted by Crippen LogP contribution is 2.34. The lowest BCUT2D eigenvalue weighted by Gasteiger charge is -2.32. The van der Waals surface area contributed by atoms with Crippen LogP contribution in [0.3, 0.4) is 0 Å². The number of carbonyl (C=O) groups is 1. The Labute approximate surface area is 123 Å². The van der Waals surface area contributed by atoms with E-state index in [4.69, 9.17) is 0 Å². The van der Waals surface area contributed by atoms with E-state index in [1.807, 2.05) is 55.5 Å². The minimum atomic E-state index is -0.584. The SMILES string of the molecule is CC1=Cc2ccccc2[C@H](C#N)N1C(=O)c1ccccc1. The van der Waals surface area contributed by atoms with Gasteiger partial charge in [0.2, 0.25) is 0 Å². The predicted octanol–water partition coefficient (Wildman–Crippen LogP) is 3.77. The third-order valence-electron chi connectivity index (χ3n) is 3.65. The molecule has 1 aliphatic heterocycles. The van der Waals surface area contributed by atoms with Crippen LogP contribution in [0.15, 0.2) is 60.3 Å². The van der Waals surface area contributed by atoms with Crippen molar-refractivity contribution in [3.8, 4) is 6.07 Å². The lowest BCUT2D eigenvalue weighted by atomic mass is 9.94. The quantitative estimate of drug-likeness (QED) is 0.794. The standard InChI is InChI=1S/C18H14N2O/c1-13-11-15-9-5-6-10-16(15)17(12-19)20(13)18(21)14-7-3-2-4-8-14/h2-11,17H,1H3/t17-/m0/s1. The second-order valence-electron chi connectivity index (χ2n) is 4.99. The minimum Gasteiger partial charge on any atom is -0.292 e. The summed E-state index contributed by atoms with van der Waals surface area (Å²) in [5.74, 6) is -0.148. The number of benzene rings is 2. The highest BCUT2D eigenvalue weighted by Gasteiger charge is 2.31. The summed E-state index contributed by atoms with van der Waals surface area (Å²) in [5.41, 5.74) is 3.24. The summed E-state index contributed by atoms with van der Waals surface area (Å²) in [6.07, 6.45) is 1.95. The van der Waals surface area contributed by atoms with E-state index in [1.54, 1.807) is 17.0 Å². The number of amides is 1. The molecular weight excluding hydrogens is 260 g/mol. The smallest absolute Gasteiger partial charge is 0.259 e. The van der Waals surface area contributed by atoms with Gasteiger partial charge in [0.15, 0.2) is 0 Å². The average molecular weight is 274 g/mol. The van der Waals surface area contributed by atoms with Crippen LogP contribution in [0.1, 0.15) is 34.5 Å². The van der Waals surface area contributed by atoms with Crippen molar-refractivity contribution in [1.29, 1.82) is 5.26 Å². The fourth-order valence-corrected chi connectivity index (χ4v) is 2.65. The van der Waals surface area contributed by atoms with Gasteiger partial charge in [0, 0.05) is 11.3 Å². The van der Waals surface area contributed by atoms with Gasteiger partial charge in [-0.2, -0.15) is 5.26 Å². The van der Waals surface area contributed by atoms with Crippen molar-refractivity contribution in [3.63, 3.8) is 0 Å². The Morgan fingerprint density at radius 3 is 2.48 bits per heavy atom. The summed E-state index contributed by atoms with van der Waals surface area (Å²) in [6.45, 7) is 1.86. The summed E-state index contributed by atoms with van der Waals surface area (Å²) in [4.78, 5) is 14.3. The van der Waals surface area contributed by atoms with E-state index in [9.17, 15) is 10.1 Å². The van der Waals surface area contributed by atoms with Gasteiger partial charge in [-0.05, 0) is 36.3 Å². The Morgan fingerprint density at radius 1 is 1.10 bits per heavy atom. The third kappa shape index (κ3) is 2.21. The molecule has 3 nitrogen and oxygen atoms in total. The molecule has 0 spiro atoms. The maximum Gasteiger partial charge on any atom is 0.259 e. The topological polar surface area (TPSA) is 44.1 Å². The molecule has 0 saturated carbocycles. The highest BCUT2D eigenvalue weighted by molar-refractivity contribution is 5.96. The number of carbonyl (C=O) groups excluding carboxylic acids is 1. The highest BCUT2D eigenvalue weighted by atomic mass is 16.2. The number of nitriles is 1. The minimum absolute atomic E-state index is 0.148. The first-order valence-electron chi connectivity index (χ1n) is 6.78. The summed E-state index contributed by atoms with van der Waals surface area (Å²) < 4.78 is 0. The van der Waals surface area contributed by atoms with Crippen LogP contribution < -0.4 is 0 Å². The number of allylic oxidation sites excluding steroid dienone is 1. The number of rotatable bonds is 1. The largest absolute Gasteiger partial charge is 0.292 e. The molecule has 102 valence electrons. The molecule has 0 unspecified atom stereocenters. The molecule has 3 rings (SSSR count). The zero-order valence-corrected chi connectivity index (χ0v) is 11.7. The number of hydrogen-bond acceptors (Lipinski definition) is 2. The zero-order valence-electron chi connectivity index (χ0n) is 11.7. The van der Waals surface area contributed by atoms with Gasteiger partial charge in [0.1, 0.15) is 6.04 Å². The molecule has 2 aromatic rings. The molecule has 0 fully saturated rings. The van der Waals surface area contributed by atoms with E-state index in [0.717, 1.165) is 16.8 Å². The van der Waals surface area contributed by atoms with E-state index in [-0.39, 0.29) is 5.91 Å². The molecule has 0 N–H and O–H groups in total. The van der Waals surface area contributed by atoms with Crippen LogP contribution >= 0.6 is 0 Å². The third-order valence-corrected chi connectivity index (χ3v) is 3.65. The van der Waals surface area contributed by atoms with Gasteiger partial charge in [0.05, 0.1) is 6.07 Å². The van der Waals surface area contributed by atoms with Crippen molar-refractivity contribution < 1.29 is 4.79 Å². The van der Waals surface area contributed by atoms with Crippen molar-refractivity contribution in [2.75, 3.05) is 0 Å². The maximum absolute atomic E-state index is 12.7. The molecule has 0 bridgehead atoms. The molecule has 1 atom stereocenters. The molecule has 0 aromatic heterocycles. The fourth-order valence-electron chi connectivity index (χ4n) is 2.65. The zero-order chi connectivity index (χ0) is 14.8. The van der Waals surface area contributed by atoms with Gasteiger partial charge in [-0.15, -0.1) is 0 Å². The maximum atomic E-state index is 12.7. The van der Waals surface area contributed by atoms with Gasteiger partial charge in [-0.1, -0.05) is 42.5 Å². The first-order valence-corrected chi connectivity index (χ1v) is 6.78. The van der Waals surface area contributed by atoms with E-state index in [0.29, 0.717) is 5.56 Å². The molecule has 0 aliphatic carbocycles. The molecular formula is C18H14N2O. The van der Waals surface area contributed by atoms with Crippen LogP contribution in [0.5, 0.6) is 0 Å². The van der Waals surface area contributed by atoms with Crippen molar-refractivity contribution in [2.45, 2.75) is 13.0 Å². The van der Waals surface area contributed by atoms with Crippen LogP contribution in [0, 0.1) is 11.3 Å². The Hall–Kier alpha value is -2.86. The molecule has 1 heterocycles. The van der Waals surface area contributed by atoms with Gasteiger partial charge >= 0.3 is 0 Å². The van der Waals surface area contributed by atoms with E-state index in [1.165, 1.54) is 0 Å². The number of fused-ring (bicyclic) bond motifs is 1. The number of hydrogen-bond donors (Lipinski definition) is 0. The lowest BCUT2D eigenvalue weighted by Crippen LogP contribution is -2.35. The monoisotopic (exact) mass is 274 g/mol. The molecule has 21 heavy (non-hydrogen) atoms. The normalized spacial score (nSPS) is 16.7. The van der Waals surface area contributed by atoms with E-state index < -0.39 is 6.04 Å². The Bertz CT molecular complexity index is 756. The van der Waals surface area contributed by atoms with Crippen LogP contribution in [0.2, 0.25) is 0 Å². The molecule has 1 amide bonds. The van der Waals surface area contributed by atoms with Gasteiger partial charge in [-0.25, -0.2) is 0 Å².